The van der Waals surface area contributed by atoms with Gasteiger partial charge in [-0.25, -0.2) is 0 Å². The van der Waals surface area contributed by atoms with Gasteiger partial charge in [-0.05, 0) is 26.7 Å². The number of hydrogen-bond donors (Lipinski definition) is 2. The molecule has 0 spiro atoms. The van der Waals surface area contributed by atoms with E-state index < -0.39 is 5.72 Å². The molecule has 1 amide bonds. The van der Waals surface area contributed by atoms with E-state index in [9.17, 15) is 9.90 Å². The molecule has 0 aliphatic rings. The van der Waals surface area contributed by atoms with Crippen LogP contribution in [0.25, 0.3) is 0 Å². The lowest BCUT2D eigenvalue weighted by atomic mass is 10.1. The maximum Gasteiger partial charge on any atom is 0.248 e. The van der Waals surface area contributed by atoms with Crippen LogP contribution < -0.4 is 5.32 Å². The summed E-state index contributed by atoms with van der Waals surface area (Å²) in [6, 6.07) is 0. The summed E-state index contributed by atoms with van der Waals surface area (Å²) in [5.41, 5.74) is -0.691. The van der Waals surface area contributed by atoms with E-state index in [-0.39, 0.29) is 5.91 Å². The third kappa shape index (κ3) is 5.42. The van der Waals surface area contributed by atoms with Gasteiger partial charge in [-0.3, -0.25) is 4.79 Å². The molecule has 1 unspecified atom stereocenters. The van der Waals surface area contributed by atoms with E-state index >= 15 is 0 Å². The standard InChI is InChI=1S/C10H19NO2/c1-5-6-7-10(4,13)11-9(12)8(2)3/h13H,2,5-7H2,1,3-4H3,(H,11,12). The van der Waals surface area contributed by atoms with Crippen LogP contribution in [0.5, 0.6) is 0 Å². The largest absolute Gasteiger partial charge is 0.371 e. The first-order valence-corrected chi connectivity index (χ1v) is 4.59. The zero-order valence-electron chi connectivity index (χ0n) is 8.68. The molecule has 0 rings (SSSR count). The van der Waals surface area contributed by atoms with Gasteiger partial charge in [0.25, 0.3) is 0 Å². The molecule has 0 aromatic heterocycles. The van der Waals surface area contributed by atoms with Crippen LogP contribution in [-0.2, 0) is 4.79 Å². The maximum absolute atomic E-state index is 11.2. The summed E-state index contributed by atoms with van der Waals surface area (Å²) in [4.78, 5) is 11.2. The Morgan fingerprint density at radius 1 is 1.62 bits per heavy atom. The Morgan fingerprint density at radius 2 is 2.15 bits per heavy atom. The average molecular weight is 185 g/mol. The van der Waals surface area contributed by atoms with E-state index in [0.29, 0.717) is 12.0 Å². The van der Waals surface area contributed by atoms with Gasteiger partial charge in [0.15, 0.2) is 0 Å². The summed E-state index contributed by atoms with van der Waals surface area (Å²) in [5, 5.41) is 12.2. The van der Waals surface area contributed by atoms with Crippen LogP contribution >= 0.6 is 0 Å². The van der Waals surface area contributed by atoms with Gasteiger partial charge in [-0.15, -0.1) is 0 Å². The zero-order chi connectivity index (χ0) is 10.5. The fourth-order valence-corrected chi connectivity index (χ4v) is 0.935. The van der Waals surface area contributed by atoms with Crippen LogP contribution in [0, 0.1) is 0 Å². The molecule has 0 saturated carbocycles. The number of carbonyl (C=O) groups excluding carboxylic acids is 1. The molecule has 76 valence electrons. The van der Waals surface area contributed by atoms with Crippen LogP contribution in [0.4, 0.5) is 0 Å². The molecule has 0 bridgehead atoms. The highest BCUT2D eigenvalue weighted by Crippen LogP contribution is 2.10. The summed E-state index contributed by atoms with van der Waals surface area (Å²) >= 11 is 0. The van der Waals surface area contributed by atoms with E-state index in [1.807, 2.05) is 6.92 Å². The quantitative estimate of drug-likeness (QED) is 0.504. The molecule has 0 heterocycles. The molecular formula is C10H19NO2. The summed E-state index contributed by atoms with van der Waals surface area (Å²) in [5.74, 6) is -0.291. The van der Waals surface area contributed by atoms with Crippen molar-refractivity contribution >= 4 is 5.91 Å². The Kier molecular flexibility index (Phi) is 4.70. The van der Waals surface area contributed by atoms with E-state index in [1.165, 1.54) is 0 Å². The lowest BCUT2D eigenvalue weighted by molar-refractivity contribution is -0.124. The highest BCUT2D eigenvalue weighted by Gasteiger charge is 2.21. The number of unbranched alkanes of at least 4 members (excludes halogenated alkanes) is 1. The van der Waals surface area contributed by atoms with Crippen molar-refractivity contribution in [2.75, 3.05) is 0 Å². The maximum atomic E-state index is 11.2. The third-order valence-electron chi connectivity index (χ3n) is 1.79. The first-order chi connectivity index (χ1) is 5.89. The molecule has 0 radical (unpaired) electrons. The molecule has 3 nitrogen and oxygen atoms in total. The lowest BCUT2D eigenvalue weighted by Crippen LogP contribution is -2.46. The van der Waals surface area contributed by atoms with Crippen molar-refractivity contribution < 1.29 is 9.90 Å². The smallest absolute Gasteiger partial charge is 0.248 e. The van der Waals surface area contributed by atoms with Crippen molar-refractivity contribution in [2.45, 2.75) is 45.8 Å². The fourth-order valence-electron chi connectivity index (χ4n) is 0.935. The first kappa shape index (κ1) is 12.2. The molecule has 0 aliphatic carbocycles. The van der Waals surface area contributed by atoms with E-state index in [0.717, 1.165) is 12.8 Å². The fraction of sp³-hybridized carbons (Fsp3) is 0.700. The number of amides is 1. The molecular weight excluding hydrogens is 166 g/mol. The van der Waals surface area contributed by atoms with Gasteiger partial charge in [0.05, 0.1) is 0 Å². The molecule has 13 heavy (non-hydrogen) atoms. The van der Waals surface area contributed by atoms with Gasteiger partial charge >= 0.3 is 0 Å². The van der Waals surface area contributed by atoms with Crippen molar-refractivity contribution in [2.24, 2.45) is 0 Å². The van der Waals surface area contributed by atoms with Crippen molar-refractivity contribution in [3.05, 3.63) is 12.2 Å². The molecule has 3 heteroatoms. The minimum absolute atomic E-state index is 0.291. The van der Waals surface area contributed by atoms with Crippen LogP contribution in [0.1, 0.15) is 40.0 Å². The number of rotatable bonds is 5. The van der Waals surface area contributed by atoms with E-state index in [2.05, 4.69) is 11.9 Å². The topological polar surface area (TPSA) is 49.3 Å². The number of carbonyl (C=O) groups is 1. The van der Waals surface area contributed by atoms with Crippen LogP contribution in [0.2, 0.25) is 0 Å². The van der Waals surface area contributed by atoms with Gasteiger partial charge in [0, 0.05) is 5.57 Å². The highest BCUT2D eigenvalue weighted by atomic mass is 16.3. The highest BCUT2D eigenvalue weighted by molar-refractivity contribution is 5.92. The Balaban J connectivity index is 4.00. The van der Waals surface area contributed by atoms with E-state index in [4.69, 9.17) is 0 Å². The van der Waals surface area contributed by atoms with Gasteiger partial charge in [0.2, 0.25) is 5.91 Å². The molecule has 0 aromatic carbocycles. The number of aliphatic hydroxyl groups is 1. The summed E-state index contributed by atoms with van der Waals surface area (Å²) in [6.45, 7) is 8.75. The summed E-state index contributed by atoms with van der Waals surface area (Å²) in [7, 11) is 0. The van der Waals surface area contributed by atoms with Crippen molar-refractivity contribution in [1.82, 2.24) is 5.32 Å². The van der Waals surface area contributed by atoms with Gasteiger partial charge in [-0.1, -0.05) is 19.9 Å². The molecule has 0 aliphatic heterocycles. The molecule has 0 aromatic rings. The SMILES string of the molecule is C=C(C)C(=O)NC(C)(O)CCCC. The van der Waals surface area contributed by atoms with Crippen molar-refractivity contribution in [1.29, 1.82) is 0 Å². The Labute approximate surface area is 79.8 Å². The Morgan fingerprint density at radius 3 is 2.54 bits per heavy atom. The Bertz CT molecular complexity index is 197. The minimum atomic E-state index is -1.11. The summed E-state index contributed by atoms with van der Waals surface area (Å²) < 4.78 is 0. The van der Waals surface area contributed by atoms with Gasteiger partial charge in [0.1, 0.15) is 5.72 Å². The van der Waals surface area contributed by atoms with Gasteiger partial charge < -0.3 is 10.4 Å². The van der Waals surface area contributed by atoms with Crippen LogP contribution in [0.3, 0.4) is 0 Å². The third-order valence-corrected chi connectivity index (χ3v) is 1.79. The minimum Gasteiger partial charge on any atom is -0.371 e. The lowest BCUT2D eigenvalue weighted by Gasteiger charge is -2.24. The summed E-state index contributed by atoms with van der Waals surface area (Å²) in [6.07, 6.45) is 2.46. The average Bonchev–Trinajstić information content (AvgIpc) is 2.00. The number of hydrogen-bond acceptors (Lipinski definition) is 2. The Hall–Kier alpha value is -0.830. The van der Waals surface area contributed by atoms with Crippen LogP contribution in [0.15, 0.2) is 12.2 Å². The second-order valence-electron chi connectivity index (χ2n) is 3.61. The molecule has 0 saturated heterocycles. The molecule has 0 fully saturated rings. The van der Waals surface area contributed by atoms with Gasteiger partial charge in [-0.2, -0.15) is 0 Å². The second kappa shape index (κ2) is 5.02. The molecule has 1 atom stereocenters. The monoisotopic (exact) mass is 185 g/mol. The van der Waals surface area contributed by atoms with Crippen molar-refractivity contribution in [3.8, 4) is 0 Å². The zero-order valence-corrected chi connectivity index (χ0v) is 8.68. The van der Waals surface area contributed by atoms with Crippen molar-refractivity contribution in [3.63, 3.8) is 0 Å². The number of nitrogens with one attached hydrogen (secondary N) is 1. The van der Waals surface area contributed by atoms with Crippen LogP contribution in [-0.4, -0.2) is 16.7 Å². The first-order valence-electron chi connectivity index (χ1n) is 4.59. The van der Waals surface area contributed by atoms with E-state index in [1.54, 1.807) is 13.8 Å². The normalized spacial score (nSPS) is 14.8. The second-order valence-corrected chi connectivity index (χ2v) is 3.61. The predicted octanol–water partition coefficient (Wildman–Crippen LogP) is 1.58. The predicted molar refractivity (Wildman–Crippen MR) is 53.1 cm³/mol. The molecule has 2 N–H and O–H groups in total.